The van der Waals surface area contributed by atoms with Crippen molar-refractivity contribution in [2.75, 3.05) is 40.9 Å². The Morgan fingerprint density at radius 2 is 0.915 bits per heavy atom. The summed E-state index contributed by atoms with van der Waals surface area (Å²) in [7, 11) is 1.62. The summed E-state index contributed by atoms with van der Waals surface area (Å²) >= 11 is 0. The van der Waals surface area contributed by atoms with Crippen LogP contribution in [0.25, 0.3) is 0 Å². The monoisotopic (exact) mass is 858 g/mol. The molecule has 0 saturated carbocycles. The van der Waals surface area contributed by atoms with E-state index in [4.69, 9.17) is 9.05 Å². The van der Waals surface area contributed by atoms with Crippen molar-refractivity contribution in [3.8, 4) is 0 Å². The zero-order valence-electron chi connectivity index (χ0n) is 40.0. The van der Waals surface area contributed by atoms with Crippen LogP contribution in [-0.2, 0) is 18.4 Å². The van der Waals surface area contributed by atoms with Crippen LogP contribution in [0.4, 0.5) is 0 Å². The average molecular weight is 858 g/mol. The molecule has 0 aromatic heterocycles. The summed E-state index contributed by atoms with van der Waals surface area (Å²) in [5.74, 6) is -0.146. The first-order valence-corrected chi connectivity index (χ1v) is 27.0. The quantitative estimate of drug-likeness (QED) is 0.0244. The van der Waals surface area contributed by atoms with E-state index in [0.717, 1.165) is 38.5 Å². The van der Waals surface area contributed by atoms with Gasteiger partial charge in [-0.3, -0.25) is 13.8 Å². The third kappa shape index (κ3) is 45.1. The molecule has 0 spiro atoms. The zero-order chi connectivity index (χ0) is 43.6. The van der Waals surface area contributed by atoms with Gasteiger partial charge >= 0.3 is 7.82 Å². The van der Waals surface area contributed by atoms with Crippen molar-refractivity contribution in [1.29, 1.82) is 0 Å². The number of phosphoric acid groups is 1. The molecule has 0 aromatic carbocycles. The minimum Gasteiger partial charge on any atom is -0.391 e. The molecule has 3 N–H and O–H groups in total. The van der Waals surface area contributed by atoms with Gasteiger partial charge in [0, 0.05) is 6.42 Å². The maximum Gasteiger partial charge on any atom is 0.472 e. The number of aliphatic hydroxyl groups excluding tert-OH is 1. The first-order chi connectivity index (χ1) is 28.5. The number of quaternary nitrogens is 1. The van der Waals surface area contributed by atoms with Gasteiger partial charge < -0.3 is 19.8 Å². The van der Waals surface area contributed by atoms with Crippen LogP contribution >= 0.6 is 7.82 Å². The van der Waals surface area contributed by atoms with Gasteiger partial charge in [0.15, 0.2) is 0 Å². The highest BCUT2D eigenvalue weighted by molar-refractivity contribution is 7.47. The maximum atomic E-state index is 12.9. The fourth-order valence-corrected chi connectivity index (χ4v) is 8.43. The largest absolute Gasteiger partial charge is 0.472 e. The van der Waals surface area contributed by atoms with Gasteiger partial charge in [0.25, 0.3) is 0 Å². The number of amides is 1. The third-order valence-corrected chi connectivity index (χ3v) is 12.7. The highest BCUT2D eigenvalue weighted by Gasteiger charge is 2.28. The summed E-state index contributed by atoms with van der Waals surface area (Å²) in [6.45, 7) is 4.90. The number of phosphoric ester groups is 1. The smallest absolute Gasteiger partial charge is 0.391 e. The fraction of sp³-hybridized carbons (Fsp3) is 0.940. The Morgan fingerprint density at radius 1 is 0.559 bits per heavy atom. The van der Waals surface area contributed by atoms with Gasteiger partial charge in [0.05, 0.1) is 39.9 Å². The van der Waals surface area contributed by atoms with Crippen molar-refractivity contribution < 1.29 is 32.9 Å². The normalized spacial score (nSPS) is 14.2. The molecule has 0 rings (SSSR count). The second kappa shape index (κ2) is 42.5. The lowest BCUT2D eigenvalue weighted by Gasteiger charge is -2.26. The maximum absolute atomic E-state index is 12.9. The molecule has 8 nitrogen and oxygen atoms in total. The number of nitrogens with zero attached hydrogens (tertiary/aromatic N) is 1. The van der Waals surface area contributed by atoms with Crippen molar-refractivity contribution in [3.63, 3.8) is 0 Å². The molecule has 0 aliphatic heterocycles. The van der Waals surface area contributed by atoms with Crippen molar-refractivity contribution in [2.45, 2.75) is 264 Å². The standard InChI is InChI=1S/C50H101N2O6P/c1-6-8-10-12-14-16-18-20-22-23-24-25-26-27-28-30-31-33-35-37-39-41-43-49(53)48(47-58-59(55,56)57-46-45-52(3,4)5)51-50(54)44-42-40-38-36-34-32-29-21-19-17-15-13-11-9-7-2/h17,19,48-49,53H,6-16,18,20-47H2,1-5H3,(H-,51,54,55,56)/p+1/b19-17-. The van der Waals surface area contributed by atoms with Crippen molar-refractivity contribution >= 4 is 13.7 Å². The number of hydrogen-bond acceptors (Lipinski definition) is 5. The minimum atomic E-state index is -4.32. The Hall–Kier alpha value is -0.760. The molecule has 0 aliphatic carbocycles. The summed E-state index contributed by atoms with van der Waals surface area (Å²) in [6, 6.07) is -0.759. The molecule has 3 atom stereocenters. The number of carbonyl (C=O) groups is 1. The number of nitrogens with one attached hydrogen (secondary N) is 1. The van der Waals surface area contributed by atoms with E-state index in [1.165, 1.54) is 186 Å². The van der Waals surface area contributed by atoms with Gasteiger partial charge in [-0.1, -0.05) is 219 Å². The van der Waals surface area contributed by atoms with Crippen molar-refractivity contribution in [2.24, 2.45) is 0 Å². The molecule has 0 saturated heterocycles. The van der Waals surface area contributed by atoms with Gasteiger partial charge in [-0.25, -0.2) is 4.57 Å². The summed E-state index contributed by atoms with van der Waals surface area (Å²) in [5, 5.41) is 14.0. The van der Waals surface area contributed by atoms with E-state index < -0.39 is 20.0 Å². The molecule has 0 fully saturated rings. The Labute approximate surface area is 367 Å². The van der Waals surface area contributed by atoms with Crippen LogP contribution in [0.15, 0.2) is 12.2 Å². The minimum absolute atomic E-state index is 0.0760. The number of allylic oxidation sites excluding steroid dienone is 2. The second-order valence-electron chi connectivity index (χ2n) is 18.9. The van der Waals surface area contributed by atoms with Gasteiger partial charge in [-0.05, 0) is 38.5 Å². The third-order valence-electron chi connectivity index (χ3n) is 11.8. The van der Waals surface area contributed by atoms with Crippen LogP contribution < -0.4 is 5.32 Å². The summed E-state index contributed by atoms with van der Waals surface area (Å²) in [4.78, 5) is 23.2. The van der Waals surface area contributed by atoms with Crippen LogP contribution in [0.3, 0.4) is 0 Å². The van der Waals surface area contributed by atoms with Gasteiger partial charge in [-0.2, -0.15) is 0 Å². The topological polar surface area (TPSA) is 105 Å². The average Bonchev–Trinajstić information content (AvgIpc) is 3.19. The van der Waals surface area contributed by atoms with E-state index in [1.54, 1.807) is 0 Å². The molecule has 0 aromatic rings. The van der Waals surface area contributed by atoms with Crippen LogP contribution in [-0.4, -0.2) is 73.4 Å². The summed E-state index contributed by atoms with van der Waals surface area (Å²) < 4.78 is 23.7. The SMILES string of the molecule is CCCCCC/C=C\CCCCCCCCCC(=O)NC(COP(=O)(O)OCC[N+](C)(C)C)C(O)CCCCCCCCCCCCCCCCCCCCCCCC. The van der Waals surface area contributed by atoms with E-state index in [2.05, 4.69) is 31.3 Å². The molecule has 0 radical (unpaired) electrons. The Kier molecular flexibility index (Phi) is 42.0. The number of carbonyl (C=O) groups excluding carboxylic acids is 1. The molecule has 0 bridgehead atoms. The second-order valence-corrected chi connectivity index (χ2v) is 20.4. The molecular formula is C50H102N2O6P+. The Bertz CT molecular complexity index is 974. The summed E-state index contributed by atoms with van der Waals surface area (Å²) in [5.41, 5.74) is 0. The molecule has 59 heavy (non-hydrogen) atoms. The number of aliphatic hydroxyl groups is 1. The fourth-order valence-electron chi connectivity index (χ4n) is 7.69. The molecule has 352 valence electrons. The van der Waals surface area contributed by atoms with E-state index in [0.29, 0.717) is 23.9 Å². The lowest BCUT2D eigenvalue weighted by molar-refractivity contribution is -0.870. The Balaban J connectivity index is 4.22. The predicted molar refractivity (Wildman–Crippen MR) is 254 cm³/mol. The summed E-state index contributed by atoms with van der Waals surface area (Å²) in [6.07, 6.45) is 49.6. The number of unbranched alkanes of at least 4 members (excludes halogenated alkanes) is 32. The molecular weight excluding hydrogens is 756 g/mol. The molecule has 0 aliphatic rings. The zero-order valence-corrected chi connectivity index (χ0v) is 40.9. The molecule has 1 amide bonds. The highest BCUT2D eigenvalue weighted by Crippen LogP contribution is 2.43. The van der Waals surface area contributed by atoms with Crippen LogP contribution in [0.5, 0.6) is 0 Å². The first kappa shape index (κ1) is 58.2. The lowest BCUT2D eigenvalue weighted by Crippen LogP contribution is -2.46. The number of rotatable bonds is 47. The molecule has 3 unspecified atom stereocenters. The van der Waals surface area contributed by atoms with E-state index in [1.807, 2.05) is 21.1 Å². The van der Waals surface area contributed by atoms with Gasteiger partial charge in [0.1, 0.15) is 13.2 Å². The van der Waals surface area contributed by atoms with Gasteiger partial charge in [-0.15, -0.1) is 0 Å². The van der Waals surface area contributed by atoms with Crippen LogP contribution in [0, 0.1) is 0 Å². The van der Waals surface area contributed by atoms with E-state index in [-0.39, 0.29) is 19.1 Å². The molecule has 0 heterocycles. The highest BCUT2D eigenvalue weighted by atomic mass is 31.2. The van der Waals surface area contributed by atoms with Crippen LogP contribution in [0.1, 0.15) is 251 Å². The van der Waals surface area contributed by atoms with Crippen LogP contribution in [0.2, 0.25) is 0 Å². The van der Waals surface area contributed by atoms with E-state index in [9.17, 15) is 19.4 Å². The number of hydrogen-bond donors (Lipinski definition) is 3. The van der Waals surface area contributed by atoms with Gasteiger partial charge in [0.2, 0.25) is 5.91 Å². The predicted octanol–water partition coefficient (Wildman–Crippen LogP) is 14.7. The lowest BCUT2D eigenvalue weighted by atomic mass is 10.0. The molecule has 9 heteroatoms. The first-order valence-electron chi connectivity index (χ1n) is 25.6. The van der Waals surface area contributed by atoms with Crippen molar-refractivity contribution in [3.05, 3.63) is 12.2 Å². The Morgan fingerprint density at radius 3 is 1.32 bits per heavy atom. The van der Waals surface area contributed by atoms with Crippen molar-refractivity contribution in [1.82, 2.24) is 5.32 Å². The van der Waals surface area contributed by atoms with E-state index >= 15 is 0 Å². The number of likely N-dealkylation sites (N-methyl/N-ethyl adjacent to an activating group) is 1.